The lowest BCUT2D eigenvalue weighted by atomic mass is 10.1. The monoisotopic (exact) mass is 591 g/mol. The van der Waals surface area contributed by atoms with Crippen molar-refractivity contribution in [1.82, 2.24) is 14.9 Å². The predicted octanol–water partition coefficient (Wildman–Crippen LogP) is 4.05. The number of thiazole rings is 1. The molecule has 1 saturated heterocycles. The van der Waals surface area contributed by atoms with Crippen LogP contribution in [0, 0.1) is 18.6 Å². The summed E-state index contributed by atoms with van der Waals surface area (Å²) >= 11 is 0.879. The fourth-order valence-corrected chi connectivity index (χ4v) is 5.90. The molecule has 210 valence electrons. The lowest BCUT2D eigenvalue weighted by Gasteiger charge is -2.28. The summed E-state index contributed by atoms with van der Waals surface area (Å²) in [7, 11) is -3.12. The van der Waals surface area contributed by atoms with Crippen LogP contribution in [-0.4, -0.2) is 61.6 Å². The number of anilines is 2. The SMILES string of the molecule is Cc1cc(S(=O)(=O)N(OC(=O)C(F)(F)F)c2cscn2)ncc1N(C)[C@H]1CCN(Cc2cc(F)ccc2F)C1. The Hall–Kier alpha value is -3.37. The quantitative estimate of drug-likeness (QED) is 0.286. The van der Waals surface area contributed by atoms with Crippen LogP contribution in [0.1, 0.15) is 17.5 Å². The Bertz CT molecular complexity index is 1450. The van der Waals surface area contributed by atoms with Crippen LogP contribution < -0.4 is 9.37 Å². The molecule has 1 atom stereocenters. The highest BCUT2D eigenvalue weighted by molar-refractivity contribution is 7.92. The Morgan fingerprint density at radius 3 is 2.62 bits per heavy atom. The molecule has 1 aromatic carbocycles. The van der Waals surface area contributed by atoms with E-state index in [9.17, 15) is 35.2 Å². The molecule has 4 rings (SSSR count). The van der Waals surface area contributed by atoms with Crippen LogP contribution in [-0.2, 0) is 26.2 Å². The van der Waals surface area contributed by atoms with Crippen molar-refractivity contribution >= 4 is 38.8 Å². The molecule has 0 amide bonds. The van der Waals surface area contributed by atoms with Crippen LogP contribution in [0.3, 0.4) is 0 Å². The molecular formula is C23H22F5N5O4S2. The molecule has 1 aliphatic rings. The number of carbonyl (C=O) groups excluding carboxylic acids is 1. The number of likely N-dealkylation sites (tertiary alicyclic amines) is 1. The van der Waals surface area contributed by atoms with Crippen LogP contribution in [0.25, 0.3) is 0 Å². The molecule has 0 unspecified atom stereocenters. The summed E-state index contributed by atoms with van der Waals surface area (Å²) in [5.74, 6) is -4.31. The normalized spacial score (nSPS) is 16.3. The number of likely N-dealkylation sites (N-methyl/N-ethyl adjacent to an activating group) is 1. The minimum absolute atomic E-state index is 0.0659. The van der Waals surface area contributed by atoms with Gasteiger partial charge in [0.25, 0.3) is 0 Å². The van der Waals surface area contributed by atoms with Crippen LogP contribution in [0.4, 0.5) is 33.5 Å². The predicted molar refractivity (Wildman–Crippen MR) is 131 cm³/mol. The number of rotatable bonds is 8. The van der Waals surface area contributed by atoms with Gasteiger partial charge in [-0.1, -0.05) is 4.47 Å². The van der Waals surface area contributed by atoms with Gasteiger partial charge in [-0.2, -0.15) is 21.6 Å². The van der Waals surface area contributed by atoms with E-state index < -0.39 is 44.6 Å². The number of halogens is 5. The number of alkyl halides is 3. The lowest BCUT2D eigenvalue weighted by Crippen LogP contribution is -2.39. The van der Waals surface area contributed by atoms with E-state index in [-0.39, 0.29) is 22.6 Å². The molecule has 3 aromatic rings. The molecule has 0 spiro atoms. The smallest absolute Gasteiger partial charge is 0.369 e. The summed E-state index contributed by atoms with van der Waals surface area (Å²) < 4.78 is 92.1. The summed E-state index contributed by atoms with van der Waals surface area (Å²) in [6.07, 6.45) is -3.52. The molecule has 16 heteroatoms. The first kappa shape index (κ1) is 28.6. The highest BCUT2D eigenvalue weighted by Gasteiger charge is 2.45. The summed E-state index contributed by atoms with van der Waals surface area (Å²) in [6.45, 7) is 2.93. The maximum atomic E-state index is 14.1. The van der Waals surface area contributed by atoms with E-state index in [4.69, 9.17) is 0 Å². The van der Waals surface area contributed by atoms with Crippen molar-refractivity contribution in [2.75, 3.05) is 29.5 Å². The van der Waals surface area contributed by atoms with E-state index in [0.717, 1.165) is 46.5 Å². The fraction of sp³-hybridized carbons (Fsp3) is 0.348. The molecule has 0 aliphatic carbocycles. The molecule has 3 heterocycles. The third-order valence-corrected chi connectivity index (χ3v) is 8.15. The van der Waals surface area contributed by atoms with Crippen LogP contribution in [0.5, 0.6) is 0 Å². The van der Waals surface area contributed by atoms with Crippen molar-refractivity contribution in [2.45, 2.75) is 37.1 Å². The van der Waals surface area contributed by atoms with E-state index in [1.165, 1.54) is 6.20 Å². The van der Waals surface area contributed by atoms with Gasteiger partial charge in [0.15, 0.2) is 10.8 Å². The molecule has 0 saturated carbocycles. The van der Waals surface area contributed by atoms with E-state index in [2.05, 4.69) is 14.8 Å². The maximum Gasteiger partial charge on any atom is 0.493 e. The van der Waals surface area contributed by atoms with Gasteiger partial charge in [-0.15, -0.1) is 11.3 Å². The molecule has 0 bridgehead atoms. The Kier molecular flexibility index (Phi) is 8.09. The summed E-state index contributed by atoms with van der Waals surface area (Å²) in [5, 5.41) is 0.437. The summed E-state index contributed by atoms with van der Waals surface area (Å²) in [4.78, 5) is 27.0. The minimum Gasteiger partial charge on any atom is -0.369 e. The lowest BCUT2D eigenvalue weighted by molar-refractivity contribution is -0.199. The van der Waals surface area contributed by atoms with Gasteiger partial charge < -0.3 is 9.74 Å². The van der Waals surface area contributed by atoms with Crippen molar-refractivity contribution < 1.29 is 40.0 Å². The number of hydrogen-bond acceptors (Lipinski definition) is 9. The first-order chi connectivity index (χ1) is 18.3. The van der Waals surface area contributed by atoms with Crippen molar-refractivity contribution in [3.8, 4) is 0 Å². The van der Waals surface area contributed by atoms with Crippen molar-refractivity contribution in [3.05, 3.63) is 64.1 Å². The first-order valence-corrected chi connectivity index (χ1v) is 13.7. The highest BCUT2D eigenvalue weighted by atomic mass is 32.2. The molecule has 39 heavy (non-hydrogen) atoms. The summed E-state index contributed by atoms with van der Waals surface area (Å²) in [5.41, 5.74) is 2.37. The largest absolute Gasteiger partial charge is 0.493 e. The average Bonchev–Trinajstić information content (AvgIpc) is 3.56. The Morgan fingerprint density at radius 2 is 1.97 bits per heavy atom. The maximum absolute atomic E-state index is 14.1. The van der Waals surface area contributed by atoms with Crippen molar-refractivity contribution in [2.24, 2.45) is 0 Å². The van der Waals surface area contributed by atoms with E-state index in [1.807, 2.05) is 9.80 Å². The van der Waals surface area contributed by atoms with Gasteiger partial charge >= 0.3 is 22.2 Å². The molecule has 0 radical (unpaired) electrons. The van der Waals surface area contributed by atoms with E-state index in [0.29, 0.717) is 30.8 Å². The Morgan fingerprint density at radius 1 is 1.23 bits per heavy atom. The number of pyridine rings is 1. The van der Waals surface area contributed by atoms with Gasteiger partial charge in [0.1, 0.15) is 11.6 Å². The van der Waals surface area contributed by atoms with Gasteiger partial charge in [-0.05, 0) is 43.2 Å². The van der Waals surface area contributed by atoms with Gasteiger partial charge in [0.2, 0.25) is 0 Å². The zero-order valence-electron chi connectivity index (χ0n) is 20.5. The number of carbonyl (C=O) groups is 1. The standard InChI is InChI=1S/C23H22F5N5O4S2/c1-14-7-21(39(35,36)33(20-12-38-13-30-20)37-22(34)23(26,27)28)29-9-19(14)31(2)17-5-6-32(11-17)10-15-8-16(24)3-4-18(15)25/h3-4,7-9,12-13,17H,5-6,10-11H2,1-2H3/t17-/m0/s1. The minimum atomic E-state index is -5.45. The van der Waals surface area contributed by atoms with Crippen molar-refractivity contribution in [3.63, 3.8) is 0 Å². The summed E-state index contributed by atoms with van der Waals surface area (Å²) in [6, 6.07) is 4.37. The Balaban J connectivity index is 1.52. The second-order valence-electron chi connectivity index (χ2n) is 8.79. The number of aromatic nitrogens is 2. The second kappa shape index (κ2) is 11.0. The second-order valence-corrected chi connectivity index (χ2v) is 11.2. The van der Waals surface area contributed by atoms with Gasteiger partial charge in [-0.25, -0.2) is 23.5 Å². The van der Waals surface area contributed by atoms with E-state index >= 15 is 0 Å². The zero-order chi connectivity index (χ0) is 28.5. The average molecular weight is 592 g/mol. The van der Waals surface area contributed by atoms with Gasteiger partial charge in [0, 0.05) is 43.7 Å². The molecular weight excluding hydrogens is 569 g/mol. The molecule has 0 N–H and O–H groups in total. The third-order valence-electron chi connectivity index (χ3n) is 6.12. The molecule has 1 fully saturated rings. The fourth-order valence-electron chi connectivity index (χ4n) is 4.13. The number of benzene rings is 1. The number of sulfonamides is 1. The van der Waals surface area contributed by atoms with Gasteiger partial charge in [-0.3, -0.25) is 4.90 Å². The van der Waals surface area contributed by atoms with Crippen LogP contribution in [0.15, 0.2) is 46.4 Å². The first-order valence-electron chi connectivity index (χ1n) is 11.4. The zero-order valence-corrected chi connectivity index (χ0v) is 22.2. The van der Waals surface area contributed by atoms with E-state index in [1.54, 1.807) is 14.0 Å². The molecule has 9 nitrogen and oxygen atoms in total. The third kappa shape index (κ3) is 6.28. The van der Waals surface area contributed by atoms with Crippen LogP contribution >= 0.6 is 11.3 Å². The number of aryl methyl sites for hydroxylation is 1. The molecule has 2 aromatic heterocycles. The topological polar surface area (TPSA) is 95.9 Å². The number of hydrogen-bond donors (Lipinski definition) is 0. The van der Waals surface area contributed by atoms with Crippen molar-refractivity contribution in [1.29, 1.82) is 0 Å². The number of nitrogens with zero attached hydrogens (tertiary/aromatic N) is 5. The van der Waals surface area contributed by atoms with Gasteiger partial charge in [0.05, 0.1) is 17.4 Å². The Labute approximate surface area is 224 Å². The molecule has 1 aliphatic heterocycles. The highest BCUT2D eigenvalue weighted by Crippen LogP contribution is 2.30. The van der Waals surface area contributed by atoms with Crippen LogP contribution in [0.2, 0.25) is 0 Å².